The van der Waals surface area contributed by atoms with E-state index in [9.17, 15) is 4.79 Å². The molecule has 94 valence electrons. The highest BCUT2D eigenvalue weighted by Crippen LogP contribution is 2.11. The SMILES string of the molecule is O=C(CCc1ccco1)NCc1cccc(Br)c1. The lowest BCUT2D eigenvalue weighted by Crippen LogP contribution is -2.22. The van der Waals surface area contributed by atoms with Crippen molar-refractivity contribution in [3.63, 3.8) is 0 Å². The molecular formula is C14H14BrNO2. The maximum Gasteiger partial charge on any atom is 0.220 e. The van der Waals surface area contributed by atoms with Crippen LogP contribution in [0.1, 0.15) is 17.7 Å². The first-order chi connectivity index (χ1) is 8.74. The van der Waals surface area contributed by atoms with Gasteiger partial charge in [-0.3, -0.25) is 4.79 Å². The van der Waals surface area contributed by atoms with E-state index in [1.807, 2.05) is 36.4 Å². The van der Waals surface area contributed by atoms with Gasteiger partial charge >= 0.3 is 0 Å². The fourth-order valence-electron chi connectivity index (χ4n) is 1.63. The first kappa shape index (κ1) is 12.9. The van der Waals surface area contributed by atoms with Gasteiger partial charge in [0.1, 0.15) is 5.76 Å². The number of hydrogen-bond acceptors (Lipinski definition) is 2. The monoisotopic (exact) mass is 307 g/mol. The summed E-state index contributed by atoms with van der Waals surface area (Å²) in [5.74, 6) is 0.874. The Morgan fingerprint density at radius 1 is 1.28 bits per heavy atom. The van der Waals surface area contributed by atoms with Gasteiger partial charge in [-0.25, -0.2) is 0 Å². The molecular weight excluding hydrogens is 294 g/mol. The molecule has 0 unspecified atom stereocenters. The van der Waals surface area contributed by atoms with Crippen molar-refractivity contribution in [2.24, 2.45) is 0 Å². The molecule has 1 heterocycles. The Morgan fingerprint density at radius 3 is 2.89 bits per heavy atom. The Hall–Kier alpha value is -1.55. The van der Waals surface area contributed by atoms with Crippen molar-refractivity contribution in [3.8, 4) is 0 Å². The van der Waals surface area contributed by atoms with Gasteiger partial charge in [0.25, 0.3) is 0 Å². The lowest BCUT2D eigenvalue weighted by Gasteiger charge is -2.05. The van der Waals surface area contributed by atoms with Crippen molar-refractivity contribution < 1.29 is 9.21 Å². The summed E-state index contributed by atoms with van der Waals surface area (Å²) < 4.78 is 6.19. The van der Waals surface area contributed by atoms with Crippen molar-refractivity contribution in [1.82, 2.24) is 5.32 Å². The minimum Gasteiger partial charge on any atom is -0.469 e. The lowest BCUT2D eigenvalue weighted by molar-refractivity contribution is -0.121. The summed E-state index contributed by atoms with van der Waals surface area (Å²) >= 11 is 3.40. The summed E-state index contributed by atoms with van der Waals surface area (Å²) in [4.78, 5) is 11.6. The van der Waals surface area contributed by atoms with E-state index in [0.29, 0.717) is 19.4 Å². The Labute approximate surface area is 114 Å². The summed E-state index contributed by atoms with van der Waals surface area (Å²) in [6.45, 7) is 0.552. The van der Waals surface area contributed by atoms with E-state index >= 15 is 0 Å². The highest BCUT2D eigenvalue weighted by Gasteiger charge is 2.03. The van der Waals surface area contributed by atoms with Crippen LogP contribution in [0.5, 0.6) is 0 Å². The summed E-state index contributed by atoms with van der Waals surface area (Å²) in [5, 5.41) is 2.89. The molecule has 0 fully saturated rings. The predicted octanol–water partition coefficient (Wildman–Crippen LogP) is 3.29. The lowest BCUT2D eigenvalue weighted by atomic mass is 10.2. The molecule has 1 N–H and O–H groups in total. The van der Waals surface area contributed by atoms with Gasteiger partial charge in [-0.1, -0.05) is 28.1 Å². The van der Waals surface area contributed by atoms with Crippen LogP contribution in [0.2, 0.25) is 0 Å². The molecule has 18 heavy (non-hydrogen) atoms. The second-order valence-electron chi connectivity index (χ2n) is 3.99. The smallest absolute Gasteiger partial charge is 0.220 e. The number of hydrogen-bond donors (Lipinski definition) is 1. The summed E-state index contributed by atoms with van der Waals surface area (Å²) in [5.41, 5.74) is 1.08. The zero-order chi connectivity index (χ0) is 12.8. The highest BCUT2D eigenvalue weighted by atomic mass is 79.9. The van der Waals surface area contributed by atoms with Crippen LogP contribution in [-0.2, 0) is 17.8 Å². The van der Waals surface area contributed by atoms with Crippen LogP contribution in [-0.4, -0.2) is 5.91 Å². The maximum atomic E-state index is 11.6. The van der Waals surface area contributed by atoms with Crippen LogP contribution >= 0.6 is 15.9 Å². The molecule has 1 aromatic heterocycles. The number of halogens is 1. The van der Waals surface area contributed by atoms with Crippen LogP contribution in [0.3, 0.4) is 0 Å². The quantitative estimate of drug-likeness (QED) is 0.921. The van der Waals surface area contributed by atoms with Crippen LogP contribution in [0.25, 0.3) is 0 Å². The summed E-state index contributed by atoms with van der Waals surface area (Å²) in [7, 11) is 0. The molecule has 0 saturated carbocycles. The third-order valence-corrected chi connectivity index (χ3v) is 3.05. The number of aryl methyl sites for hydroxylation is 1. The van der Waals surface area contributed by atoms with Gasteiger partial charge in [-0.15, -0.1) is 0 Å². The second kappa shape index (κ2) is 6.40. The van der Waals surface area contributed by atoms with Crippen molar-refractivity contribution in [2.45, 2.75) is 19.4 Å². The van der Waals surface area contributed by atoms with Crippen molar-refractivity contribution >= 4 is 21.8 Å². The fourth-order valence-corrected chi connectivity index (χ4v) is 2.07. The first-order valence-electron chi connectivity index (χ1n) is 5.77. The average molecular weight is 308 g/mol. The molecule has 0 atom stereocenters. The summed E-state index contributed by atoms with van der Waals surface area (Å²) in [6.07, 6.45) is 2.70. The molecule has 0 aliphatic heterocycles. The van der Waals surface area contributed by atoms with Crippen LogP contribution in [0.15, 0.2) is 51.6 Å². The van der Waals surface area contributed by atoms with E-state index in [-0.39, 0.29) is 5.91 Å². The van der Waals surface area contributed by atoms with Crippen molar-refractivity contribution in [3.05, 3.63) is 58.5 Å². The molecule has 0 radical (unpaired) electrons. The van der Waals surface area contributed by atoms with Gasteiger partial charge in [0.2, 0.25) is 5.91 Å². The first-order valence-corrected chi connectivity index (χ1v) is 6.57. The molecule has 0 spiro atoms. The number of amides is 1. The molecule has 1 amide bonds. The largest absolute Gasteiger partial charge is 0.469 e. The topological polar surface area (TPSA) is 42.2 Å². The number of benzene rings is 1. The van der Waals surface area contributed by atoms with Gasteiger partial charge in [-0.05, 0) is 29.8 Å². The number of furan rings is 1. The molecule has 2 rings (SSSR count). The standard InChI is InChI=1S/C14H14BrNO2/c15-12-4-1-3-11(9-12)10-16-14(17)7-6-13-5-2-8-18-13/h1-5,8-9H,6-7,10H2,(H,16,17). The van der Waals surface area contributed by atoms with Gasteiger partial charge in [-0.2, -0.15) is 0 Å². The Morgan fingerprint density at radius 2 is 2.17 bits per heavy atom. The number of carbonyl (C=O) groups is 1. The maximum absolute atomic E-state index is 11.6. The van der Waals surface area contributed by atoms with E-state index in [1.54, 1.807) is 6.26 Å². The fraction of sp³-hybridized carbons (Fsp3) is 0.214. The molecule has 2 aromatic rings. The van der Waals surface area contributed by atoms with Crippen LogP contribution in [0, 0.1) is 0 Å². The molecule has 3 nitrogen and oxygen atoms in total. The van der Waals surface area contributed by atoms with Crippen LogP contribution in [0.4, 0.5) is 0 Å². The molecule has 0 bridgehead atoms. The van der Waals surface area contributed by atoms with E-state index in [0.717, 1.165) is 15.8 Å². The summed E-state index contributed by atoms with van der Waals surface area (Å²) in [6, 6.07) is 11.6. The van der Waals surface area contributed by atoms with Crippen LogP contribution < -0.4 is 5.32 Å². The number of carbonyl (C=O) groups excluding carboxylic acids is 1. The zero-order valence-electron chi connectivity index (χ0n) is 9.86. The van der Waals surface area contributed by atoms with E-state index in [4.69, 9.17) is 4.42 Å². The normalized spacial score (nSPS) is 10.3. The molecule has 0 aliphatic carbocycles. The Bertz CT molecular complexity index is 508. The molecule has 0 aliphatic rings. The highest BCUT2D eigenvalue weighted by molar-refractivity contribution is 9.10. The Kier molecular flexibility index (Phi) is 4.59. The van der Waals surface area contributed by atoms with Gasteiger partial charge in [0, 0.05) is 23.9 Å². The Balaban J connectivity index is 1.75. The third-order valence-electron chi connectivity index (χ3n) is 2.56. The van der Waals surface area contributed by atoms with E-state index in [1.165, 1.54) is 0 Å². The third kappa shape index (κ3) is 4.04. The van der Waals surface area contributed by atoms with Crippen molar-refractivity contribution in [1.29, 1.82) is 0 Å². The molecule has 0 saturated heterocycles. The predicted molar refractivity (Wildman–Crippen MR) is 73.0 cm³/mol. The minimum absolute atomic E-state index is 0.0337. The molecule has 1 aromatic carbocycles. The average Bonchev–Trinajstić information content (AvgIpc) is 2.87. The number of nitrogens with one attached hydrogen (secondary N) is 1. The van der Waals surface area contributed by atoms with E-state index in [2.05, 4.69) is 21.2 Å². The van der Waals surface area contributed by atoms with Gasteiger partial charge < -0.3 is 9.73 Å². The van der Waals surface area contributed by atoms with Gasteiger partial charge in [0.05, 0.1) is 6.26 Å². The zero-order valence-corrected chi connectivity index (χ0v) is 11.4. The second-order valence-corrected chi connectivity index (χ2v) is 4.90. The van der Waals surface area contributed by atoms with Gasteiger partial charge in [0.15, 0.2) is 0 Å². The molecule has 4 heteroatoms. The van der Waals surface area contributed by atoms with Crippen molar-refractivity contribution in [2.75, 3.05) is 0 Å². The minimum atomic E-state index is 0.0337. The van der Waals surface area contributed by atoms with E-state index < -0.39 is 0 Å². The number of rotatable bonds is 5.